The van der Waals surface area contributed by atoms with E-state index in [1.165, 1.54) is 16.7 Å². The zero-order valence-corrected chi connectivity index (χ0v) is 26.5. The zero-order chi connectivity index (χ0) is 28.1. The Bertz CT molecular complexity index is 1000. The van der Waals surface area contributed by atoms with E-state index in [9.17, 15) is 0 Å². The van der Waals surface area contributed by atoms with Crippen molar-refractivity contribution < 1.29 is 4.65 Å². The van der Waals surface area contributed by atoms with E-state index in [4.69, 9.17) is 16.1 Å². The molecule has 0 atom stereocenters. The molecule has 0 unspecified atom stereocenters. The monoisotopic (exact) mass is 511 g/mol. The highest BCUT2D eigenvalue weighted by atomic mass is 35.5. The van der Waals surface area contributed by atoms with Gasteiger partial charge in [0.1, 0.15) is 5.75 Å². The normalized spacial score (nSPS) is 13.6. The van der Waals surface area contributed by atoms with E-state index in [2.05, 4.69) is 139 Å². The Hall–Kier alpha value is -1.61. The molecule has 1 N–H and O–H groups in total. The van der Waals surface area contributed by atoms with Crippen molar-refractivity contribution >= 4 is 23.6 Å². The first-order chi connectivity index (χ1) is 15.9. The molecule has 0 aliphatic heterocycles. The van der Waals surface area contributed by atoms with Crippen LogP contribution in [0.25, 0.3) is 0 Å². The molecule has 0 aliphatic carbocycles. The van der Waals surface area contributed by atoms with E-state index in [1.54, 1.807) is 0 Å². The predicted molar refractivity (Wildman–Crippen MR) is 162 cm³/mol. The molecule has 200 valence electrons. The van der Waals surface area contributed by atoms with Crippen LogP contribution in [0.1, 0.15) is 132 Å². The fourth-order valence-corrected chi connectivity index (χ4v) is 4.70. The lowest BCUT2D eigenvalue weighted by atomic mass is 9.73. The van der Waals surface area contributed by atoms with Gasteiger partial charge in [0.15, 0.2) is 0 Å². The van der Waals surface area contributed by atoms with Crippen molar-refractivity contribution in [2.45, 2.75) is 131 Å². The Labute approximate surface area is 228 Å². The van der Waals surface area contributed by atoms with Crippen LogP contribution in [0, 0.1) is 0 Å². The first-order valence-electron chi connectivity index (χ1n) is 13.3. The second-order valence-corrected chi connectivity index (χ2v) is 15.9. The number of halogens is 1. The first-order valence-corrected chi connectivity index (χ1v) is 13.8. The first kappa shape index (κ1) is 30.6. The van der Waals surface area contributed by atoms with E-state index in [-0.39, 0.29) is 27.1 Å². The van der Waals surface area contributed by atoms with Gasteiger partial charge in [0.25, 0.3) is 0 Å². The van der Waals surface area contributed by atoms with E-state index in [0.29, 0.717) is 0 Å². The molecule has 0 fully saturated rings. The van der Waals surface area contributed by atoms with Gasteiger partial charge in [-0.3, -0.25) is 0 Å². The maximum Gasteiger partial charge on any atom is 0.594 e. The third-order valence-electron chi connectivity index (χ3n) is 6.73. The van der Waals surface area contributed by atoms with E-state index >= 15 is 0 Å². The van der Waals surface area contributed by atoms with Crippen molar-refractivity contribution in [1.82, 2.24) is 0 Å². The maximum atomic E-state index is 7.03. The maximum absolute atomic E-state index is 7.03. The van der Waals surface area contributed by atoms with Crippen LogP contribution in [0.5, 0.6) is 5.75 Å². The van der Waals surface area contributed by atoms with Gasteiger partial charge in [-0.25, -0.2) is 0 Å². The van der Waals surface area contributed by atoms with Gasteiger partial charge in [-0.2, -0.15) is 0 Å². The van der Waals surface area contributed by atoms with Crippen LogP contribution < -0.4 is 9.88 Å². The molecule has 2 aromatic carbocycles. The SMILES string of the molecule is CC(C)(C)c1cc(C(C)(C)C)c(NB(Cl)Oc2c(C(C)(C)C)cccc2C(C)(C)C)c(C(C)(C)C)c1. The van der Waals surface area contributed by atoms with Gasteiger partial charge in [0.2, 0.25) is 0 Å². The number of benzene rings is 2. The molecular weight excluding hydrogens is 461 g/mol. The number of nitrogens with one attached hydrogen (secondary N) is 1. The summed E-state index contributed by atoms with van der Waals surface area (Å²) in [4.78, 5) is 0. The smallest absolute Gasteiger partial charge is 0.528 e. The van der Waals surface area contributed by atoms with E-state index in [0.717, 1.165) is 22.6 Å². The van der Waals surface area contributed by atoms with Crippen LogP contribution in [0.3, 0.4) is 0 Å². The Kier molecular flexibility index (Phi) is 8.45. The van der Waals surface area contributed by atoms with Crippen LogP contribution in [-0.4, -0.2) is 6.47 Å². The predicted octanol–water partition coefficient (Wildman–Crippen LogP) is 9.89. The second kappa shape index (κ2) is 9.93. The zero-order valence-electron chi connectivity index (χ0n) is 25.8. The summed E-state index contributed by atoms with van der Waals surface area (Å²) in [6.45, 7) is 33.0. The minimum atomic E-state index is -0.725. The number of hydrogen-bond donors (Lipinski definition) is 1. The summed E-state index contributed by atoms with van der Waals surface area (Å²) in [7, 11) is 0. The van der Waals surface area contributed by atoms with Crippen LogP contribution in [-0.2, 0) is 27.1 Å². The van der Waals surface area contributed by atoms with Crippen molar-refractivity contribution in [3.63, 3.8) is 0 Å². The van der Waals surface area contributed by atoms with Gasteiger partial charge in [-0.05, 0) is 54.9 Å². The molecule has 4 heteroatoms. The summed E-state index contributed by atoms with van der Waals surface area (Å²) in [6.07, 6.45) is 0. The third kappa shape index (κ3) is 7.24. The average Bonchev–Trinajstić information content (AvgIpc) is 2.63. The summed E-state index contributed by atoms with van der Waals surface area (Å²) in [5, 5.41) is 3.62. The molecule has 0 aromatic heterocycles. The standard InChI is InChI=1S/C32H51BClNO/c1-28(2,3)21-19-24(31(10,11)12)26(25(20-21)32(13,14)15)35-33(34)36-27-22(29(4,5)6)17-16-18-23(27)30(7,8)9/h16-20,35H,1-15H3. The second-order valence-electron chi connectivity index (χ2n) is 15.5. The van der Waals surface area contributed by atoms with Crippen molar-refractivity contribution in [3.05, 3.63) is 58.1 Å². The number of para-hydroxylation sites is 1. The highest BCUT2D eigenvalue weighted by Gasteiger charge is 2.33. The molecule has 0 aliphatic rings. The minimum absolute atomic E-state index is 0.0443. The highest BCUT2D eigenvalue weighted by molar-refractivity contribution is 7.05. The molecule has 0 heterocycles. The van der Waals surface area contributed by atoms with Gasteiger partial charge < -0.3 is 9.88 Å². The summed E-state index contributed by atoms with van der Waals surface area (Å²) in [5.74, 6) is 0.880. The number of anilines is 1. The summed E-state index contributed by atoms with van der Waals surface area (Å²) in [5.41, 5.74) is 7.02. The van der Waals surface area contributed by atoms with Crippen molar-refractivity contribution in [2.24, 2.45) is 0 Å². The fraction of sp³-hybridized carbons (Fsp3) is 0.625. The Morgan fingerprint density at radius 2 is 0.944 bits per heavy atom. The van der Waals surface area contributed by atoms with E-state index < -0.39 is 6.47 Å². The molecule has 36 heavy (non-hydrogen) atoms. The topological polar surface area (TPSA) is 21.3 Å². The molecule has 0 saturated heterocycles. The number of rotatable bonds is 4. The lowest BCUT2D eigenvalue weighted by Crippen LogP contribution is -2.33. The van der Waals surface area contributed by atoms with Gasteiger partial charge >= 0.3 is 6.47 Å². The molecule has 2 aromatic rings. The largest absolute Gasteiger partial charge is 0.594 e. The minimum Gasteiger partial charge on any atom is -0.528 e. The molecule has 0 amide bonds. The molecule has 2 nitrogen and oxygen atoms in total. The average molecular weight is 512 g/mol. The van der Waals surface area contributed by atoms with Gasteiger partial charge in [-0.1, -0.05) is 134 Å². The van der Waals surface area contributed by atoms with Crippen LogP contribution >= 0.6 is 11.5 Å². The van der Waals surface area contributed by atoms with Crippen molar-refractivity contribution in [1.29, 1.82) is 0 Å². The summed E-state index contributed by atoms with van der Waals surface area (Å²) < 4.78 is 6.62. The molecule has 0 bridgehead atoms. The molecular formula is C32H51BClNO. The van der Waals surface area contributed by atoms with Crippen LogP contribution in [0.2, 0.25) is 0 Å². The molecule has 0 radical (unpaired) electrons. The third-order valence-corrected chi connectivity index (χ3v) is 6.93. The highest BCUT2D eigenvalue weighted by Crippen LogP contribution is 2.43. The quantitative estimate of drug-likeness (QED) is 0.412. The van der Waals surface area contributed by atoms with Crippen LogP contribution in [0.15, 0.2) is 30.3 Å². The Balaban J connectivity index is 2.70. The van der Waals surface area contributed by atoms with Gasteiger partial charge in [0, 0.05) is 5.69 Å². The Morgan fingerprint density at radius 3 is 1.25 bits per heavy atom. The fourth-order valence-electron chi connectivity index (χ4n) is 4.51. The molecule has 0 spiro atoms. The Morgan fingerprint density at radius 1 is 0.583 bits per heavy atom. The summed E-state index contributed by atoms with van der Waals surface area (Å²) in [6, 6.07) is 11.2. The molecule has 2 rings (SSSR count). The van der Waals surface area contributed by atoms with Gasteiger partial charge in [0.05, 0.1) is 0 Å². The van der Waals surface area contributed by atoms with E-state index in [1.807, 2.05) is 0 Å². The van der Waals surface area contributed by atoms with Gasteiger partial charge in [-0.15, -0.1) is 11.5 Å². The van der Waals surface area contributed by atoms with Crippen LogP contribution in [0.4, 0.5) is 5.69 Å². The van der Waals surface area contributed by atoms with Crippen molar-refractivity contribution in [3.8, 4) is 5.75 Å². The lowest BCUT2D eigenvalue weighted by molar-refractivity contribution is 0.492. The molecule has 0 saturated carbocycles. The summed E-state index contributed by atoms with van der Waals surface area (Å²) >= 11 is 7.03. The number of hydrogen-bond acceptors (Lipinski definition) is 2. The lowest BCUT2D eigenvalue weighted by Gasteiger charge is -2.35. The van der Waals surface area contributed by atoms with Crippen molar-refractivity contribution in [2.75, 3.05) is 5.23 Å².